The topological polar surface area (TPSA) is 58.4 Å². The number of fused-ring (bicyclic) bond motifs is 1. The SMILES string of the molecule is CCCCc1nc(Cl)c(C(=O)O)n1Cc1ccc(N(C)C)c2ccccc12. The van der Waals surface area contributed by atoms with Crippen molar-refractivity contribution in [3.05, 3.63) is 58.6 Å². The van der Waals surface area contributed by atoms with Gasteiger partial charge in [-0.15, -0.1) is 0 Å². The lowest BCUT2D eigenvalue weighted by Gasteiger charge is -2.18. The third-order valence-corrected chi connectivity index (χ3v) is 5.03. The Kier molecular flexibility index (Phi) is 5.71. The molecule has 0 saturated carbocycles. The Morgan fingerprint density at radius 2 is 1.89 bits per heavy atom. The number of carbonyl (C=O) groups is 1. The van der Waals surface area contributed by atoms with Gasteiger partial charge in [-0.1, -0.05) is 55.3 Å². The van der Waals surface area contributed by atoms with E-state index in [1.165, 1.54) is 0 Å². The van der Waals surface area contributed by atoms with Gasteiger partial charge >= 0.3 is 5.97 Å². The maximum atomic E-state index is 11.8. The maximum Gasteiger partial charge on any atom is 0.355 e. The standard InChI is InChI=1S/C21H24ClN3O2/c1-4-5-10-18-23-20(22)19(21(26)27)25(18)13-14-11-12-17(24(2)3)16-9-7-6-8-15(14)16/h6-9,11-12H,4-5,10,13H2,1-3H3,(H,26,27). The zero-order valence-electron chi connectivity index (χ0n) is 15.9. The van der Waals surface area contributed by atoms with Gasteiger partial charge in [0, 0.05) is 31.6 Å². The van der Waals surface area contributed by atoms with Crippen molar-refractivity contribution in [1.82, 2.24) is 9.55 Å². The summed E-state index contributed by atoms with van der Waals surface area (Å²) in [6.07, 6.45) is 2.65. The first-order chi connectivity index (χ1) is 12.9. The predicted octanol–water partition coefficient (Wildman–Crippen LogP) is 4.84. The van der Waals surface area contributed by atoms with E-state index in [2.05, 4.69) is 41.1 Å². The number of hydrogen-bond donors (Lipinski definition) is 1. The van der Waals surface area contributed by atoms with E-state index >= 15 is 0 Å². The molecule has 0 unspecified atom stereocenters. The molecular formula is C21H24ClN3O2. The lowest BCUT2D eigenvalue weighted by Crippen LogP contribution is -2.14. The molecule has 0 aliphatic carbocycles. The number of hydrogen-bond acceptors (Lipinski definition) is 3. The third kappa shape index (κ3) is 3.78. The van der Waals surface area contributed by atoms with Crippen molar-refractivity contribution in [2.45, 2.75) is 32.7 Å². The fraction of sp³-hybridized carbons (Fsp3) is 0.333. The highest BCUT2D eigenvalue weighted by molar-refractivity contribution is 6.32. The molecule has 142 valence electrons. The van der Waals surface area contributed by atoms with Crippen LogP contribution in [0.5, 0.6) is 0 Å². The highest BCUT2D eigenvalue weighted by atomic mass is 35.5. The van der Waals surface area contributed by atoms with Crippen LogP contribution in [0.3, 0.4) is 0 Å². The van der Waals surface area contributed by atoms with Crippen LogP contribution < -0.4 is 4.90 Å². The molecular weight excluding hydrogens is 362 g/mol. The molecule has 0 spiro atoms. The summed E-state index contributed by atoms with van der Waals surface area (Å²) in [6.45, 7) is 2.52. The average molecular weight is 386 g/mol. The minimum Gasteiger partial charge on any atom is -0.476 e. The number of imidazole rings is 1. The highest BCUT2D eigenvalue weighted by Crippen LogP contribution is 2.30. The maximum absolute atomic E-state index is 11.8. The van der Waals surface area contributed by atoms with Gasteiger partial charge in [0.1, 0.15) is 5.82 Å². The Bertz CT molecular complexity index is 979. The number of aromatic carboxylic acids is 1. The van der Waals surface area contributed by atoms with Gasteiger partial charge in [0.25, 0.3) is 0 Å². The average Bonchev–Trinajstić information content (AvgIpc) is 2.95. The minimum atomic E-state index is -1.05. The van der Waals surface area contributed by atoms with Crippen LogP contribution in [-0.4, -0.2) is 34.7 Å². The van der Waals surface area contributed by atoms with Gasteiger partial charge in [-0.3, -0.25) is 0 Å². The fourth-order valence-corrected chi connectivity index (χ4v) is 3.69. The Morgan fingerprint density at radius 3 is 2.52 bits per heavy atom. The smallest absolute Gasteiger partial charge is 0.355 e. The second-order valence-electron chi connectivity index (χ2n) is 6.85. The van der Waals surface area contributed by atoms with Crippen molar-refractivity contribution in [3.63, 3.8) is 0 Å². The molecule has 0 aliphatic heterocycles. The molecule has 0 radical (unpaired) electrons. The number of carboxylic acids is 1. The molecule has 5 nitrogen and oxygen atoms in total. The molecule has 0 aliphatic rings. The molecule has 0 saturated heterocycles. The minimum absolute atomic E-state index is 0.0582. The van der Waals surface area contributed by atoms with Gasteiger partial charge in [-0.05, 0) is 23.4 Å². The zero-order valence-corrected chi connectivity index (χ0v) is 16.6. The Balaban J connectivity index is 2.13. The van der Waals surface area contributed by atoms with Gasteiger partial charge in [-0.25, -0.2) is 9.78 Å². The summed E-state index contributed by atoms with van der Waals surface area (Å²) in [5.74, 6) is -0.329. The molecule has 27 heavy (non-hydrogen) atoms. The summed E-state index contributed by atoms with van der Waals surface area (Å²) >= 11 is 6.16. The summed E-state index contributed by atoms with van der Waals surface area (Å²) in [5, 5.41) is 11.9. The summed E-state index contributed by atoms with van der Waals surface area (Å²) in [5.41, 5.74) is 2.23. The van der Waals surface area contributed by atoms with Crippen LogP contribution in [0.25, 0.3) is 10.8 Å². The summed E-state index contributed by atoms with van der Waals surface area (Å²) in [7, 11) is 4.03. The van der Waals surface area contributed by atoms with E-state index in [9.17, 15) is 9.90 Å². The van der Waals surface area contributed by atoms with Crippen molar-refractivity contribution in [1.29, 1.82) is 0 Å². The molecule has 3 aromatic rings. The summed E-state index contributed by atoms with van der Waals surface area (Å²) in [6, 6.07) is 12.3. The van der Waals surface area contributed by atoms with Crippen LogP contribution in [0, 0.1) is 0 Å². The monoisotopic (exact) mass is 385 g/mol. The zero-order chi connectivity index (χ0) is 19.6. The highest BCUT2D eigenvalue weighted by Gasteiger charge is 2.22. The first-order valence-corrected chi connectivity index (χ1v) is 9.48. The van der Waals surface area contributed by atoms with Crippen LogP contribution in [0.15, 0.2) is 36.4 Å². The Hall–Kier alpha value is -2.53. The number of nitrogens with zero attached hydrogens (tertiary/aromatic N) is 3. The van der Waals surface area contributed by atoms with E-state index in [0.29, 0.717) is 13.0 Å². The molecule has 2 aromatic carbocycles. The molecule has 3 rings (SSSR count). The second kappa shape index (κ2) is 8.01. The number of aryl methyl sites for hydroxylation is 1. The fourth-order valence-electron chi connectivity index (χ4n) is 3.41. The molecule has 0 atom stereocenters. The number of halogens is 1. The number of unbranched alkanes of at least 4 members (excludes halogenated alkanes) is 1. The normalized spacial score (nSPS) is 11.1. The molecule has 0 bridgehead atoms. The van der Waals surface area contributed by atoms with E-state index in [0.717, 1.165) is 40.7 Å². The number of carboxylic acid groups (broad SMARTS) is 1. The van der Waals surface area contributed by atoms with Crippen LogP contribution in [-0.2, 0) is 13.0 Å². The van der Waals surface area contributed by atoms with Crippen molar-refractivity contribution in [2.24, 2.45) is 0 Å². The van der Waals surface area contributed by atoms with E-state index in [1.807, 2.05) is 26.2 Å². The van der Waals surface area contributed by atoms with Gasteiger partial charge in [0.2, 0.25) is 0 Å². The molecule has 1 aromatic heterocycles. The Morgan fingerprint density at radius 1 is 1.19 bits per heavy atom. The van der Waals surface area contributed by atoms with E-state index in [-0.39, 0.29) is 10.8 Å². The van der Waals surface area contributed by atoms with Crippen LogP contribution in [0.2, 0.25) is 5.15 Å². The van der Waals surface area contributed by atoms with Gasteiger partial charge < -0.3 is 14.6 Å². The first kappa shape index (κ1) is 19.2. The number of anilines is 1. The van der Waals surface area contributed by atoms with E-state index < -0.39 is 5.97 Å². The van der Waals surface area contributed by atoms with Crippen molar-refractivity contribution >= 4 is 34.0 Å². The van der Waals surface area contributed by atoms with Gasteiger partial charge in [-0.2, -0.15) is 0 Å². The summed E-state index contributed by atoms with van der Waals surface area (Å²) < 4.78 is 1.75. The molecule has 0 amide bonds. The molecule has 1 N–H and O–H groups in total. The molecule has 1 heterocycles. The molecule has 0 fully saturated rings. The largest absolute Gasteiger partial charge is 0.476 e. The van der Waals surface area contributed by atoms with Gasteiger partial charge in [0.05, 0.1) is 6.54 Å². The van der Waals surface area contributed by atoms with Crippen LogP contribution >= 0.6 is 11.6 Å². The Labute approximate surface area is 164 Å². The molecule has 6 heteroatoms. The quantitative estimate of drug-likeness (QED) is 0.631. The van der Waals surface area contributed by atoms with Crippen molar-refractivity contribution < 1.29 is 9.90 Å². The van der Waals surface area contributed by atoms with Crippen molar-refractivity contribution in [2.75, 3.05) is 19.0 Å². The first-order valence-electron chi connectivity index (χ1n) is 9.10. The third-order valence-electron chi connectivity index (χ3n) is 4.76. The van der Waals surface area contributed by atoms with Crippen molar-refractivity contribution in [3.8, 4) is 0 Å². The van der Waals surface area contributed by atoms with E-state index in [1.54, 1.807) is 4.57 Å². The van der Waals surface area contributed by atoms with Crippen LogP contribution in [0.4, 0.5) is 5.69 Å². The lowest BCUT2D eigenvalue weighted by molar-refractivity contribution is 0.0685. The van der Waals surface area contributed by atoms with E-state index in [4.69, 9.17) is 11.6 Å². The number of aromatic nitrogens is 2. The van der Waals surface area contributed by atoms with Gasteiger partial charge in [0.15, 0.2) is 10.8 Å². The number of benzene rings is 2. The number of rotatable bonds is 7. The van der Waals surface area contributed by atoms with Crippen LogP contribution in [0.1, 0.15) is 41.6 Å². The predicted molar refractivity (Wildman–Crippen MR) is 110 cm³/mol. The lowest BCUT2D eigenvalue weighted by atomic mass is 10.0. The summed E-state index contributed by atoms with van der Waals surface area (Å²) in [4.78, 5) is 18.2. The second-order valence-corrected chi connectivity index (χ2v) is 7.20.